The minimum Gasteiger partial charge on any atom is -0.444 e. The predicted molar refractivity (Wildman–Crippen MR) is 114 cm³/mol. The van der Waals surface area contributed by atoms with Crippen molar-refractivity contribution < 1.29 is 9.53 Å². The lowest BCUT2D eigenvalue weighted by Gasteiger charge is -2.37. The lowest BCUT2D eigenvalue weighted by molar-refractivity contribution is 0.0149. The Bertz CT molecular complexity index is 924. The number of ether oxygens (including phenoxy) is 1. The highest BCUT2D eigenvalue weighted by atomic mass is 16.6. The second kappa shape index (κ2) is 8.53. The molecule has 0 aromatic carbocycles. The van der Waals surface area contributed by atoms with Crippen LogP contribution in [0, 0.1) is 0 Å². The molecule has 3 rings (SSSR count). The van der Waals surface area contributed by atoms with Crippen LogP contribution in [0.15, 0.2) is 23.1 Å². The van der Waals surface area contributed by atoms with Crippen LogP contribution in [0.25, 0.3) is 11.0 Å². The second-order valence-corrected chi connectivity index (χ2v) is 8.85. The molecule has 1 aliphatic rings. The average molecular weight is 401 g/mol. The molecule has 1 N–H and O–H groups in total. The Morgan fingerprint density at radius 1 is 1.31 bits per heavy atom. The topological polar surface area (TPSA) is 78.5 Å². The number of nitrogens with one attached hydrogen (secondary N) is 1. The van der Waals surface area contributed by atoms with E-state index in [1.54, 1.807) is 4.90 Å². The number of aromatic nitrogens is 2. The van der Waals surface area contributed by atoms with E-state index in [9.17, 15) is 9.59 Å². The number of fused-ring (bicyclic) bond motifs is 1. The van der Waals surface area contributed by atoms with Gasteiger partial charge in [0.25, 0.3) is 5.56 Å². The van der Waals surface area contributed by atoms with Crippen LogP contribution in [0.3, 0.4) is 0 Å². The number of piperidine rings is 1. The highest BCUT2D eigenvalue weighted by molar-refractivity contribution is 5.74. The van der Waals surface area contributed by atoms with Gasteiger partial charge in [0, 0.05) is 44.5 Å². The summed E-state index contributed by atoms with van der Waals surface area (Å²) in [6.07, 6.45) is 4.14. The number of aromatic amines is 1. The number of aryl methyl sites for hydroxylation is 1. The third-order valence-electron chi connectivity index (χ3n) is 5.40. The molecule has 7 nitrogen and oxygen atoms in total. The highest BCUT2D eigenvalue weighted by Crippen LogP contribution is 2.20. The Hall–Kier alpha value is -2.41. The zero-order valence-electron chi connectivity index (χ0n) is 18.1. The van der Waals surface area contributed by atoms with Gasteiger partial charge in [-0.25, -0.2) is 4.79 Å². The van der Waals surface area contributed by atoms with Gasteiger partial charge in [0.1, 0.15) is 5.60 Å². The van der Waals surface area contributed by atoms with Crippen molar-refractivity contribution in [1.29, 1.82) is 0 Å². The van der Waals surface area contributed by atoms with Crippen molar-refractivity contribution in [3.05, 3.63) is 39.8 Å². The van der Waals surface area contributed by atoms with E-state index in [0.29, 0.717) is 6.42 Å². The van der Waals surface area contributed by atoms with Gasteiger partial charge in [-0.3, -0.25) is 14.7 Å². The van der Waals surface area contributed by atoms with E-state index in [0.717, 1.165) is 54.6 Å². The molecule has 29 heavy (non-hydrogen) atoms. The summed E-state index contributed by atoms with van der Waals surface area (Å²) in [6.45, 7) is 10.2. The van der Waals surface area contributed by atoms with E-state index >= 15 is 0 Å². The van der Waals surface area contributed by atoms with E-state index in [2.05, 4.69) is 14.9 Å². The maximum Gasteiger partial charge on any atom is 0.410 e. The molecular formula is C22H32N4O3. The van der Waals surface area contributed by atoms with Gasteiger partial charge in [0.05, 0.1) is 11.0 Å². The summed E-state index contributed by atoms with van der Waals surface area (Å²) in [7, 11) is 1.82. The van der Waals surface area contributed by atoms with Crippen LogP contribution in [0.4, 0.5) is 4.79 Å². The number of carbonyl (C=O) groups excluding carboxylic acids is 1. The summed E-state index contributed by atoms with van der Waals surface area (Å²) in [4.78, 5) is 35.9. The van der Waals surface area contributed by atoms with E-state index in [1.165, 1.54) is 0 Å². The fourth-order valence-electron chi connectivity index (χ4n) is 3.72. The minimum atomic E-state index is -0.478. The van der Waals surface area contributed by atoms with Gasteiger partial charge < -0.3 is 14.6 Å². The lowest BCUT2D eigenvalue weighted by atomic mass is 10.0. The first-order valence-corrected chi connectivity index (χ1v) is 10.4. The second-order valence-electron chi connectivity index (χ2n) is 8.85. The molecule has 1 aliphatic heterocycles. The van der Waals surface area contributed by atoms with Crippen LogP contribution in [-0.4, -0.2) is 57.6 Å². The van der Waals surface area contributed by atoms with Crippen molar-refractivity contribution in [1.82, 2.24) is 19.8 Å². The smallest absolute Gasteiger partial charge is 0.410 e. The van der Waals surface area contributed by atoms with E-state index < -0.39 is 5.60 Å². The third-order valence-corrected chi connectivity index (χ3v) is 5.40. The molecule has 0 spiro atoms. The van der Waals surface area contributed by atoms with Crippen molar-refractivity contribution >= 4 is 17.1 Å². The van der Waals surface area contributed by atoms with Gasteiger partial charge in [-0.15, -0.1) is 0 Å². The number of likely N-dealkylation sites (tertiary alicyclic amines) is 1. The number of nitrogens with zero attached hydrogens (tertiary/aromatic N) is 3. The fraction of sp³-hybridized carbons (Fsp3) is 0.591. The first-order valence-electron chi connectivity index (χ1n) is 10.4. The molecule has 0 saturated carbocycles. The summed E-state index contributed by atoms with van der Waals surface area (Å²) in [6, 6.07) is 4.08. The molecule has 0 unspecified atom stereocenters. The van der Waals surface area contributed by atoms with E-state index in [1.807, 2.05) is 53.1 Å². The van der Waals surface area contributed by atoms with Gasteiger partial charge in [-0.1, -0.05) is 6.92 Å². The molecule has 1 saturated heterocycles. The number of rotatable bonds is 4. The Kier molecular flexibility index (Phi) is 6.27. The normalized spacial score (nSPS) is 16.2. The Labute approximate surface area is 172 Å². The molecule has 7 heteroatoms. The summed E-state index contributed by atoms with van der Waals surface area (Å²) in [5, 5.41) is 0. The molecule has 0 bridgehead atoms. The number of pyridine rings is 2. The van der Waals surface area contributed by atoms with Gasteiger partial charge in [-0.2, -0.15) is 0 Å². The van der Waals surface area contributed by atoms with Crippen molar-refractivity contribution in [2.24, 2.45) is 0 Å². The highest BCUT2D eigenvalue weighted by Gasteiger charge is 2.28. The first kappa shape index (κ1) is 21.3. The molecule has 0 atom stereocenters. The summed E-state index contributed by atoms with van der Waals surface area (Å²) in [5.74, 6) is 0. The first-order chi connectivity index (χ1) is 13.7. The van der Waals surface area contributed by atoms with Crippen LogP contribution in [0.1, 0.15) is 51.7 Å². The number of hydrogen-bond donors (Lipinski definition) is 1. The van der Waals surface area contributed by atoms with Crippen molar-refractivity contribution in [2.75, 3.05) is 20.1 Å². The third kappa shape index (κ3) is 5.35. The molecule has 158 valence electrons. The minimum absolute atomic E-state index is 0.0371. The Balaban J connectivity index is 1.59. The standard InChI is InChI=1S/C22H32N4O3/c1-6-16-12-18-19(24-20(16)27)11-15(13-23-18)14-26-9-7-17(8-10-26)25(5)21(28)29-22(2,3)4/h11-13,17H,6-10,14H2,1-5H3,(H,24,27). The molecule has 2 aromatic rings. The number of H-pyrrole nitrogens is 1. The fourth-order valence-corrected chi connectivity index (χ4v) is 3.72. The van der Waals surface area contributed by atoms with Crippen LogP contribution in [0.5, 0.6) is 0 Å². The van der Waals surface area contributed by atoms with Crippen LogP contribution >= 0.6 is 0 Å². The van der Waals surface area contributed by atoms with Gasteiger partial charge >= 0.3 is 6.09 Å². The van der Waals surface area contributed by atoms with Crippen LogP contribution in [-0.2, 0) is 17.7 Å². The molecule has 0 aliphatic carbocycles. The number of amides is 1. The van der Waals surface area contributed by atoms with Gasteiger partial charge in [0.15, 0.2) is 0 Å². The van der Waals surface area contributed by atoms with Gasteiger partial charge in [-0.05, 0) is 57.7 Å². The molecule has 1 amide bonds. The lowest BCUT2D eigenvalue weighted by Crippen LogP contribution is -2.46. The SMILES string of the molecule is CCc1cc2ncc(CN3CCC(N(C)C(=O)OC(C)(C)C)CC3)cc2[nH]c1=O. The number of carbonyl (C=O) groups is 1. The molecule has 1 fully saturated rings. The Morgan fingerprint density at radius 3 is 2.62 bits per heavy atom. The molecule has 2 aromatic heterocycles. The molecule has 3 heterocycles. The maximum absolute atomic E-state index is 12.3. The average Bonchev–Trinajstić information content (AvgIpc) is 2.66. The summed E-state index contributed by atoms with van der Waals surface area (Å²) in [5.41, 5.74) is 2.93. The zero-order chi connectivity index (χ0) is 21.2. The summed E-state index contributed by atoms with van der Waals surface area (Å²) < 4.78 is 5.48. The number of hydrogen-bond acceptors (Lipinski definition) is 5. The Morgan fingerprint density at radius 2 is 2.00 bits per heavy atom. The van der Waals surface area contributed by atoms with Gasteiger partial charge in [0.2, 0.25) is 0 Å². The largest absolute Gasteiger partial charge is 0.444 e. The van der Waals surface area contributed by atoms with Crippen LogP contribution in [0.2, 0.25) is 0 Å². The predicted octanol–water partition coefficient (Wildman–Crippen LogP) is 3.32. The van der Waals surface area contributed by atoms with Crippen molar-refractivity contribution in [3.8, 4) is 0 Å². The van der Waals surface area contributed by atoms with E-state index in [-0.39, 0.29) is 17.7 Å². The molecule has 0 radical (unpaired) electrons. The van der Waals surface area contributed by atoms with Crippen molar-refractivity contribution in [2.45, 2.75) is 65.1 Å². The maximum atomic E-state index is 12.3. The van der Waals surface area contributed by atoms with Crippen molar-refractivity contribution in [3.63, 3.8) is 0 Å². The monoisotopic (exact) mass is 400 g/mol. The quantitative estimate of drug-likeness (QED) is 0.852. The summed E-state index contributed by atoms with van der Waals surface area (Å²) >= 11 is 0. The molecular weight excluding hydrogens is 368 g/mol. The van der Waals surface area contributed by atoms with Crippen LogP contribution < -0.4 is 5.56 Å². The zero-order valence-corrected chi connectivity index (χ0v) is 18.1. The van der Waals surface area contributed by atoms with E-state index in [4.69, 9.17) is 4.74 Å².